The lowest BCUT2D eigenvalue weighted by Gasteiger charge is -2.25. The molecule has 0 radical (unpaired) electrons. The van der Waals surface area contributed by atoms with Crippen LogP contribution in [0.1, 0.15) is 55.9 Å². The van der Waals surface area contributed by atoms with Crippen LogP contribution >= 0.6 is 7.14 Å². The van der Waals surface area contributed by atoms with Crippen molar-refractivity contribution in [3.8, 4) is 0 Å². The van der Waals surface area contributed by atoms with E-state index in [0.29, 0.717) is 40.1 Å². The number of pyridine rings is 1. The van der Waals surface area contributed by atoms with Crippen molar-refractivity contribution in [1.29, 1.82) is 0 Å². The van der Waals surface area contributed by atoms with Crippen molar-refractivity contribution in [2.24, 2.45) is 0 Å². The van der Waals surface area contributed by atoms with Crippen LogP contribution in [0.4, 0.5) is 19.0 Å². The molecule has 34 heavy (non-hydrogen) atoms. The first-order valence-electron chi connectivity index (χ1n) is 11.2. The van der Waals surface area contributed by atoms with Crippen LogP contribution < -0.4 is 10.8 Å². The topological polar surface area (TPSA) is 88.0 Å². The summed E-state index contributed by atoms with van der Waals surface area (Å²) in [5.74, 6) is -3.99. The quantitative estimate of drug-likeness (QED) is 0.412. The summed E-state index contributed by atoms with van der Waals surface area (Å²) >= 11 is 0. The van der Waals surface area contributed by atoms with Gasteiger partial charge in [-0.05, 0) is 52.2 Å². The molecule has 2 aromatic heterocycles. The molecule has 0 saturated heterocycles. The summed E-state index contributed by atoms with van der Waals surface area (Å²) in [4.78, 5) is 13.5. The van der Waals surface area contributed by atoms with Crippen LogP contribution in [0, 0.1) is 12.7 Å². The predicted molar refractivity (Wildman–Crippen MR) is 129 cm³/mol. The highest BCUT2D eigenvalue weighted by molar-refractivity contribution is 7.69. The molecule has 184 valence electrons. The fourth-order valence-corrected chi connectivity index (χ4v) is 4.58. The molecule has 0 fully saturated rings. The van der Waals surface area contributed by atoms with Crippen LogP contribution in [0.5, 0.6) is 0 Å². The van der Waals surface area contributed by atoms with Crippen molar-refractivity contribution in [2.75, 3.05) is 18.6 Å². The molecule has 0 aliphatic carbocycles. The van der Waals surface area contributed by atoms with Gasteiger partial charge in [-0.1, -0.05) is 26.0 Å². The summed E-state index contributed by atoms with van der Waals surface area (Å²) in [5.41, 5.74) is 0.843. The van der Waals surface area contributed by atoms with Crippen LogP contribution in [0.2, 0.25) is 0 Å². The standard InChI is InChI=1S/C24H30F3N4O2P/c1-7-18-22-16(12-20(31-18)34(5,6)33)23(30-14(4)29-22)28-13(3)15-10-9-11-17(21(15)25)24(26,27)19(32)8-2/h9-13,19,32H,7-8H2,1-6H3,(H,28,29,30)/t13-,19-/m1/s1. The maximum Gasteiger partial charge on any atom is 0.301 e. The molecule has 2 atom stereocenters. The molecular weight excluding hydrogens is 464 g/mol. The van der Waals surface area contributed by atoms with E-state index >= 15 is 4.39 Å². The molecule has 6 nitrogen and oxygen atoms in total. The molecule has 10 heteroatoms. The predicted octanol–water partition coefficient (Wildman–Crippen LogP) is 5.32. The number of nitrogens with one attached hydrogen (secondary N) is 1. The van der Waals surface area contributed by atoms with E-state index in [2.05, 4.69) is 20.3 Å². The largest absolute Gasteiger partial charge is 0.386 e. The van der Waals surface area contributed by atoms with Crippen molar-refractivity contribution < 1.29 is 22.8 Å². The maximum atomic E-state index is 15.2. The summed E-state index contributed by atoms with van der Waals surface area (Å²) in [7, 11) is -2.69. The highest BCUT2D eigenvalue weighted by Crippen LogP contribution is 2.38. The van der Waals surface area contributed by atoms with Gasteiger partial charge in [0.05, 0.1) is 22.8 Å². The third kappa shape index (κ3) is 4.96. The SMILES string of the molecule is CCc1nc(P(C)(C)=O)cc2c(N[C@H](C)c3cccc(C(F)(F)[C@H](O)CC)c3F)nc(C)nc12. The van der Waals surface area contributed by atoms with Gasteiger partial charge >= 0.3 is 5.92 Å². The molecule has 0 spiro atoms. The van der Waals surface area contributed by atoms with Gasteiger partial charge in [-0.25, -0.2) is 19.3 Å². The molecule has 1 aromatic carbocycles. The highest BCUT2D eigenvalue weighted by atomic mass is 31.2. The summed E-state index contributed by atoms with van der Waals surface area (Å²) in [6.45, 7) is 9.91. The van der Waals surface area contributed by atoms with Gasteiger partial charge in [-0.15, -0.1) is 0 Å². The Bertz CT molecular complexity index is 1260. The van der Waals surface area contributed by atoms with E-state index in [0.717, 1.165) is 6.07 Å². The molecule has 0 bridgehead atoms. The van der Waals surface area contributed by atoms with Crippen molar-refractivity contribution >= 4 is 29.3 Å². The summed E-state index contributed by atoms with van der Waals surface area (Å²) < 4.78 is 57.2. The monoisotopic (exact) mass is 494 g/mol. The lowest BCUT2D eigenvalue weighted by Crippen LogP contribution is -2.31. The lowest BCUT2D eigenvalue weighted by molar-refractivity contribution is -0.118. The summed E-state index contributed by atoms with van der Waals surface area (Å²) in [5, 5.41) is 13.4. The first-order chi connectivity index (χ1) is 15.8. The Morgan fingerprint density at radius 3 is 2.44 bits per heavy atom. The summed E-state index contributed by atoms with van der Waals surface area (Å²) in [6.07, 6.45) is -1.65. The number of aryl methyl sites for hydroxylation is 2. The third-order valence-corrected chi connectivity index (χ3v) is 7.09. The number of rotatable bonds is 8. The number of nitrogens with zero attached hydrogens (tertiary/aromatic N) is 3. The van der Waals surface area contributed by atoms with Gasteiger partial charge in [0, 0.05) is 10.9 Å². The minimum atomic E-state index is -3.73. The second kappa shape index (κ2) is 9.62. The molecule has 0 aliphatic heterocycles. The number of anilines is 1. The van der Waals surface area contributed by atoms with Crippen molar-refractivity contribution in [3.63, 3.8) is 0 Å². The van der Waals surface area contributed by atoms with Crippen LogP contribution in [0.3, 0.4) is 0 Å². The van der Waals surface area contributed by atoms with E-state index in [1.165, 1.54) is 19.1 Å². The van der Waals surface area contributed by atoms with Gasteiger partial charge < -0.3 is 15.0 Å². The molecule has 2 heterocycles. The second-order valence-electron chi connectivity index (χ2n) is 8.77. The zero-order chi connectivity index (χ0) is 25.4. The number of aliphatic hydroxyl groups excluding tert-OH is 1. The van der Waals surface area contributed by atoms with Gasteiger partial charge in [-0.2, -0.15) is 8.78 Å². The van der Waals surface area contributed by atoms with Gasteiger partial charge in [0.15, 0.2) is 0 Å². The fraction of sp³-hybridized carbons (Fsp3) is 0.458. The summed E-state index contributed by atoms with van der Waals surface area (Å²) in [6, 6.07) is 4.66. The smallest absolute Gasteiger partial charge is 0.301 e. The molecule has 2 N–H and O–H groups in total. The average Bonchev–Trinajstić information content (AvgIpc) is 2.76. The first-order valence-corrected chi connectivity index (χ1v) is 13.8. The number of hydrogen-bond donors (Lipinski definition) is 2. The molecule has 0 amide bonds. The van der Waals surface area contributed by atoms with Gasteiger partial charge in [0.2, 0.25) is 0 Å². The highest BCUT2D eigenvalue weighted by Gasteiger charge is 2.42. The molecule has 3 rings (SSSR count). The van der Waals surface area contributed by atoms with Crippen LogP contribution in [-0.4, -0.2) is 39.5 Å². The average molecular weight is 494 g/mol. The zero-order valence-corrected chi connectivity index (χ0v) is 21.1. The van der Waals surface area contributed by atoms with E-state index in [1.807, 2.05) is 6.92 Å². The zero-order valence-electron chi connectivity index (χ0n) is 20.2. The number of alkyl halides is 2. The normalized spacial score (nSPS) is 14.3. The Kier molecular flexibility index (Phi) is 7.39. The van der Waals surface area contributed by atoms with Crippen molar-refractivity contribution in [2.45, 2.75) is 58.6 Å². The Balaban J connectivity index is 2.12. The van der Waals surface area contributed by atoms with Gasteiger partial charge in [0.1, 0.15) is 36.1 Å². The van der Waals surface area contributed by atoms with Gasteiger partial charge in [-0.3, -0.25) is 0 Å². The Labute approximate surface area is 197 Å². The molecule has 0 saturated carbocycles. The Morgan fingerprint density at radius 2 is 1.85 bits per heavy atom. The Morgan fingerprint density at radius 1 is 1.18 bits per heavy atom. The number of halogens is 3. The number of fused-ring (bicyclic) bond motifs is 1. The van der Waals surface area contributed by atoms with Crippen molar-refractivity contribution in [3.05, 3.63) is 52.7 Å². The number of benzene rings is 1. The fourth-order valence-electron chi connectivity index (χ4n) is 3.78. The van der Waals surface area contributed by atoms with E-state index in [9.17, 15) is 18.5 Å². The minimum absolute atomic E-state index is 0.00606. The Hall–Kier alpha value is -2.51. The van der Waals surface area contributed by atoms with Crippen molar-refractivity contribution in [1.82, 2.24) is 15.0 Å². The van der Waals surface area contributed by atoms with E-state index in [4.69, 9.17) is 0 Å². The molecular formula is C24H30F3N4O2P. The van der Waals surface area contributed by atoms with Crippen LogP contribution in [0.25, 0.3) is 10.9 Å². The first kappa shape index (κ1) is 26.1. The molecule has 0 unspecified atom stereocenters. The van der Waals surface area contributed by atoms with E-state index in [-0.39, 0.29) is 12.0 Å². The number of aromatic nitrogens is 3. The lowest BCUT2D eigenvalue weighted by atomic mass is 9.96. The van der Waals surface area contributed by atoms with E-state index in [1.54, 1.807) is 33.2 Å². The third-order valence-electron chi connectivity index (χ3n) is 5.75. The van der Waals surface area contributed by atoms with Crippen LogP contribution in [-0.2, 0) is 16.9 Å². The second-order valence-corrected chi connectivity index (χ2v) is 11.9. The maximum absolute atomic E-state index is 15.2. The minimum Gasteiger partial charge on any atom is -0.386 e. The van der Waals surface area contributed by atoms with E-state index < -0.39 is 36.6 Å². The van der Waals surface area contributed by atoms with Gasteiger partial charge in [0.25, 0.3) is 0 Å². The molecule has 3 aromatic rings. The van der Waals surface area contributed by atoms with Crippen LogP contribution in [0.15, 0.2) is 24.3 Å². The number of aliphatic hydroxyl groups is 1. The number of hydrogen-bond acceptors (Lipinski definition) is 6. The molecule has 0 aliphatic rings.